The van der Waals surface area contributed by atoms with Gasteiger partial charge in [-0.15, -0.1) is 0 Å². The molecule has 1 aromatic heterocycles. The minimum absolute atomic E-state index is 0.332. The van der Waals surface area contributed by atoms with E-state index in [9.17, 15) is 4.79 Å². The molecule has 2 amide bonds. The van der Waals surface area contributed by atoms with E-state index < -0.39 is 0 Å². The molecule has 2 aromatic rings. The Morgan fingerprint density at radius 3 is 2.55 bits per heavy atom. The van der Waals surface area contributed by atoms with Crippen LogP contribution in [0.25, 0.3) is 0 Å². The minimum atomic E-state index is -0.332. The second kappa shape index (κ2) is 6.65. The highest BCUT2D eigenvalue weighted by atomic mass is 16.2. The fourth-order valence-electron chi connectivity index (χ4n) is 1.77. The molecule has 0 unspecified atom stereocenters. The average Bonchev–Trinajstić information content (AvgIpc) is 2.48. The number of nitrogens with zero attached hydrogens (tertiary/aromatic N) is 2. The average molecular weight is 270 g/mol. The molecule has 0 radical (unpaired) electrons. The van der Waals surface area contributed by atoms with Crippen molar-refractivity contribution in [3.63, 3.8) is 0 Å². The Balaban J connectivity index is 1.94. The summed E-state index contributed by atoms with van der Waals surface area (Å²) in [6.07, 6.45) is 5.67. The number of urea groups is 1. The van der Waals surface area contributed by atoms with E-state index in [1.54, 1.807) is 6.20 Å². The molecule has 0 spiro atoms. The second-order valence-electron chi connectivity index (χ2n) is 4.60. The molecular weight excluding hydrogens is 252 g/mol. The molecule has 5 nitrogen and oxygen atoms in total. The predicted molar refractivity (Wildman–Crippen MR) is 79.8 cm³/mol. The summed E-state index contributed by atoms with van der Waals surface area (Å²) >= 11 is 0. The van der Waals surface area contributed by atoms with Gasteiger partial charge in [-0.2, -0.15) is 0 Å². The van der Waals surface area contributed by atoms with Gasteiger partial charge < -0.3 is 5.32 Å². The van der Waals surface area contributed by atoms with Crippen LogP contribution < -0.4 is 10.6 Å². The van der Waals surface area contributed by atoms with Crippen LogP contribution in [0.5, 0.6) is 0 Å². The number of carbonyl (C=O) groups excluding carboxylic acids is 1. The van der Waals surface area contributed by atoms with Crippen molar-refractivity contribution in [2.24, 2.45) is 0 Å². The minimum Gasteiger partial charge on any atom is -0.308 e. The van der Waals surface area contributed by atoms with E-state index in [1.165, 1.54) is 18.0 Å². The van der Waals surface area contributed by atoms with Crippen LogP contribution in [0, 0.1) is 0 Å². The number of anilines is 2. The Hall–Kier alpha value is -2.43. The van der Waals surface area contributed by atoms with Gasteiger partial charge >= 0.3 is 6.03 Å². The van der Waals surface area contributed by atoms with Gasteiger partial charge in [-0.25, -0.2) is 9.78 Å². The van der Waals surface area contributed by atoms with Crippen molar-refractivity contribution in [1.82, 2.24) is 9.97 Å². The summed E-state index contributed by atoms with van der Waals surface area (Å²) in [7, 11) is 0. The molecular formula is C15H18N4O. The molecule has 1 aromatic carbocycles. The quantitative estimate of drug-likeness (QED) is 0.891. The van der Waals surface area contributed by atoms with Crippen LogP contribution in [-0.4, -0.2) is 16.0 Å². The first kappa shape index (κ1) is 14.0. The van der Waals surface area contributed by atoms with Crippen molar-refractivity contribution < 1.29 is 4.79 Å². The molecule has 0 saturated heterocycles. The fraction of sp³-hybridized carbons (Fsp3) is 0.267. The monoisotopic (exact) mass is 270 g/mol. The van der Waals surface area contributed by atoms with E-state index in [2.05, 4.69) is 34.4 Å². The summed E-state index contributed by atoms with van der Waals surface area (Å²) < 4.78 is 0. The van der Waals surface area contributed by atoms with Gasteiger partial charge in [0.1, 0.15) is 0 Å². The van der Waals surface area contributed by atoms with Gasteiger partial charge in [-0.1, -0.05) is 26.0 Å². The number of hydrogen-bond acceptors (Lipinski definition) is 3. The summed E-state index contributed by atoms with van der Waals surface area (Å²) in [5.41, 5.74) is 2.02. The van der Waals surface area contributed by atoms with Crippen LogP contribution in [0.1, 0.15) is 31.7 Å². The van der Waals surface area contributed by atoms with E-state index in [4.69, 9.17) is 0 Å². The van der Waals surface area contributed by atoms with Gasteiger partial charge in [0.25, 0.3) is 0 Å². The zero-order valence-corrected chi connectivity index (χ0v) is 11.6. The van der Waals surface area contributed by atoms with E-state index in [1.807, 2.05) is 24.3 Å². The Kier molecular flexibility index (Phi) is 4.65. The third-order valence-corrected chi connectivity index (χ3v) is 3.15. The molecule has 1 atom stereocenters. The molecule has 0 aliphatic heterocycles. The highest BCUT2D eigenvalue weighted by Crippen LogP contribution is 2.20. The fourth-order valence-corrected chi connectivity index (χ4v) is 1.77. The number of aromatic nitrogens is 2. The zero-order chi connectivity index (χ0) is 14.4. The molecule has 1 heterocycles. The SMILES string of the molecule is CC[C@H](C)c1ccc(NC(=O)Nc2cnccn2)cc1. The zero-order valence-electron chi connectivity index (χ0n) is 11.6. The van der Waals surface area contributed by atoms with E-state index >= 15 is 0 Å². The van der Waals surface area contributed by atoms with Gasteiger partial charge in [-0.05, 0) is 30.0 Å². The number of amides is 2. The smallest absolute Gasteiger partial charge is 0.308 e. The maximum atomic E-state index is 11.8. The summed E-state index contributed by atoms with van der Waals surface area (Å²) in [5.74, 6) is 0.943. The number of rotatable bonds is 4. The van der Waals surface area contributed by atoms with Crippen molar-refractivity contribution in [3.05, 3.63) is 48.4 Å². The predicted octanol–water partition coefficient (Wildman–Crippen LogP) is 3.63. The molecule has 20 heavy (non-hydrogen) atoms. The normalized spacial score (nSPS) is 11.7. The largest absolute Gasteiger partial charge is 0.324 e. The lowest BCUT2D eigenvalue weighted by Gasteiger charge is -2.10. The van der Waals surface area contributed by atoms with Crippen molar-refractivity contribution >= 4 is 17.5 Å². The Labute approximate surface area is 118 Å². The number of hydrogen-bond donors (Lipinski definition) is 2. The van der Waals surface area contributed by atoms with E-state index in [0.29, 0.717) is 11.7 Å². The number of carbonyl (C=O) groups is 1. The maximum absolute atomic E-state index is 11.8. The molecule has 0 saturated carbocycles. The van der Waals surface area contributed by atoms with Gasteiger partial charge in [0, 0.05) is 18.1 Å². The summed E-state index contributed by atoms with van der Waals surface area (Å²) in [6.45, 7) is 4.34. The van der Waals surface area contributed by atoms with Crippen LogP contribution in [-0.2, 0) is 0 Å². The topological polar surface area (TPSA) is 66.9 Å². The molecule has 0 bridgehead atoms. The first-order chi connectivity index (χ1) is 9.69. The number of nitrogens with one attached hydrogen (secondary N) is 2. The molecule has 5 heteroatoms. The summed E-state index contributed by atoms with van der Waals surface area (Å²) in [5, 5.41) is 5.37. The standard InChI is InChI=1S/C15H18N4O/c1-3-11(2)12-4-6-13(7-5-12)18-15(20)19-14-10-16-8-9-17-14/h4-11H,3H2,1-2H3,(H2,17,18,19,20)/t11-/m0/s1. The highest BCUT2D eigenvalue weighted by Gasteiger charge is 2.05. The lowest BCUT2D eigenvalue weighted by Crippen LogP contribution is -2.20. The summed E-state index contributed by atoms with van der Waals surface area (Å²) in [6, 6.07) is 7.54. The maximum Gasteiger partial charge on any atom is 0.324 e. The number of benzene rings is 1. The van der Waals surface area contributed by atoms with Crippen LogP contribution in [0.3, 0.4) is 0 Å². The van der Waals surface area contributed by atoms with Crippen LogP contribution in [0.2, 0.25) is 0 Å². The molecule has 2 N–H and O–H groups in total. The molecule has 0 aliphatic rings. The molecule has 0 fully saturated rings. The van der Waals surface area contributed by atoms with Crippen LogP contribution in [0.15, 0.2) is 42.9 Å². The van der Waals surface area contributed by atoms with Gasteiger partial charge in [0.05, 0.1) is 6.20 Å². The third kappa shape index (κ3) is 3.78. The Morgan fingerprint density at radius 2 is 1.95 bits per heavy atom. The van der Waals surface area contributed by atoms with Crippen LogP contribution >= 0.6 is 0 Å². The second-order valence-corrected chi connectivity index (χ2v) is 4.60. The van der Waals surface area contributed by atoms with E-state index in [-0.39, 0.29) is 6.03 Å². The van der Waals surface area contributed by atoms with Gasteiger partial charge in [0.15, 0.2) is 5.82 Å². The van der Waals surface area contributed by atoms with Gasteiger partial charge in [0.2, 0.25) is 0 Å². The van der Waals surface area contributed by atoms with Crippen LogP contribution in [0.4, 0.5) is 16.3 Å². The molecule has 0 aliphatic carbocycles. The van der Waals surface area contributed by atoms with Crippen molar-refractivity contribution in [1.29, 1.82) is 0 Å². The Morgan fingerprint density at radius 1 is 1.20 bits per heavy atom. The highest BCUT2D eigenvalue weighted by molar-refractivity contribution is 5.99. The Bertz CT molecular complexity index is 554. The lowest BCUT2D eigenvalue weighted by molar-refractivity contribution is 0.262. The first-order valence-corrected chi connectivity index (χ1v) is 6.63. The van der Waals surface area contributed by atoms with Gasteiger partial charge in [-0.3, -0.25) is 10.3 Å². The third-order valence-electron chi connectivity index (χ3n) is 3.15. The van der Waals surface area contributed by atoms with Crippen molar-refractivity contribution in [2.45, 2.75) is 26.2 Å². The molecule has 104 valence electrons. The molecule has 2 rings (SSSR count). The van der Waals surface area contributed by atoms with E-state index in [0.717, 1.165) is 12.1 Å². The van der Waals surface area contributed by atoms with Crippen molar-refractivity contribution in [3.8, 4) is 0 Å². The lowest BCUT2D eigenvalue weighted by atomic mass is 9.99. The van der Waals surface area contributed by atoms with Crippen molar-refractivity contribution in [2.75, 3.05) is 10.6 Å². The first-order valence-electron chi connectivity index (χ1n) is 6.63. The summed E-state index contributed by atoms with van der Waals surface area (Å²) in [4.78, 5) is 19.6.